The summed E-state index contributed by atoms with van der Waals surface area (Å²) in [6, 6.07) is 15.6. The van der Waals surface area contributed by atoms with Crippen molar-refractivity contribution in [1.29, 1.82) is 0 Å². The molecule has 3 rings (SSSR count). The first-order chi connectivity index (χ1) is 12.7. The van der Waals surface area contributed by atoms with Crippen molar-refractivity contribution in [2.75, 3.05) is 10.5 Å². The maximum absolute atomic E-state index is 12.7. The highest BCUT2D eigenvalue weighted by atomic mass is 32.2. The molecule has 0 unspecified atom stereocenters. The number of hydrogen-bond acceptors (Lipinski definition) is 4. The highest BCUT2D eigenvalue weighted by molar-refractivity contribution is 7.92. The fourth-order valence-corrected chi connectivity index (χ4v) is 3.90. The minimum atomic E-state index is -3.74. The van der Waals surface area contributed by atoms with Crippen LogP contribution >= 0.6 is 0 Å². The quantitative estimate of drug-likeness (QED) is 0.654. The average molecular weight is 385 g/mol. The third-order valence-electron chi connectivity index (χ3n) is 4.01. The summed E-state index contributed by atoms with van der Waals surface area (Å²) in [4.78, 5) is 0.146. The zero-order valence-electron chi connectivity index (χ0n) is 15.7. The molecule has 3 N–H and O–H groups in total. The lowest BCUT2D eigenvalue weighted by atomic mass is 9.87. The van der Waals surface area contributed by atoms with Gasteiger partial charge < -0.3 is 5.73 Å². The molecular formula is C20H24N4O2S. The minimum absolute atomic E-state index is 0.0902. The van der Waals surface area contributed by atoms with Crippen LogP contribution < -0.4 is 10.5 Å². The van der Waals surface area contributed by atoms with E-state index in [9.17, 15) is 8.42 Å². The lowest BCUT2D eigenvalue weighted by Gasteiger charge is -2.21. The first-order valence-electron chi connectivity index (χ1n) is 8.66. The van der Waals surface area contributed by atoms with E-state index in [0.717, 1.165) is 17.7 Å². The number of aromatic nitrogens is 2. The van der Waals surface area contributed by atoms with E-state index in [1.807, 2.05) is 24.3 Å². The average Bonchev–Trinajstić information content (AvgIpc) is 3.01. The molecule has 1 heterocycles. The van der Waals surface area contributed by atoms with Gasteiger partial charge in [0.15, 0.2) is 0 Å². The summed E-state index contributed by atoms with van der Waals surface area (Å²) >= 11 is 0. The number of para-hydroxylation sites is 1. The third-order valence-corrected chi connectivity index (χ3v) is 5.38. The monoisotopic (exact) mass is 384 g/mol. The van der Waals surface area contributed by atoms with E-state index in [4.69, 9.17) is 5.73 Å². The smallest absolute Gasteiger partial charge is 0.263 e. The van der Waals surface area contributed by atoms with Crippen LogP contribution in [0.4, 0.5) is 11.5 Å². The summed E-state index contributed by atoms with van der Waals surface area (Å²) in [6.45, 7) is 6.49. The molecule has 142 valence electrons. The van der Waals surface area contributed by atoms with Gasteiger partial charge in [-0.1, -0.05) is 39.0 Å². The number of nitrogen functional groups attached to an aromatic ring is 1. The van der Waals surface area contributed by atoms with Crippen LogP contribution in [0.25, 0.3) is 5.69 Å². The van der Waals surface area contributed by atoms with Gasteiger partial charge in [-0.2, -0.15) is 5.10 Å². The molecule has 1 aromatic heterocycles. The lowest BCUT2D eigenvalue weighted by molar-refractivity contribution is 0.410. The van der Waals surface area contributed by atoms with Gasteiger partial charge in [-0.05, 0) is 47.7 Å². The van der Waals surface area contributed by atoms with Crippen LogP contribution in [0.1, 0.15) is 26.3 Å². The van der Waals surface area contributed by atoms with Crippen LogP contribution in [0.3, 0.4) is 0 Å². The summed E-state index contributed by atoms with van der Waals surface area (Å²) in [5.41, 5.74) is 8.20. The van der Waals surface area contributed by atoms with Crippen LogP contribution in [0.2, 0.25) is 0 Å². The standard InChI is InChI=1S/C20H24N4O2S/c1-20(2,3)14-15-6-4-5-7-18(15)24-19(12-13-22-24)23-27(25,26)17-10-8-16(21)9-11-17/h4-13,23H,14,21H2,1-3H3. The number of rotatable bonds is 5. The van der Waals surface area contributed by atoms with Crippen molar-refractivity contribution >= 4 is 21.5 Å². The number of hydrogen-bond donors (Lipinski definition) is 2. The van der Waals surface area contributed by atoms with Gasteiger partial charge in [0.2, 0.25) is 0 Å². The second-order valence-corrected chi connectivity index (χ2v) is 9.35. The van der Waals surface area contributed by atoms with Crippen LogP contribution in [-0.2, 0) is 16.4 Å². The Morgan fingerprint density at radius 1 is 1.04 bits per heavy atom. The molecule has 7 heteroatoms. The highest BCUT2D eigenvalue weighted by Gasteiger charge is 2.19. The molecule has 2 aromatic carbocycles. The molecule has 6 nitrogen and oxygen atoms in total. The third kappa shape index (κ3) is 4.49. The second-order valence-electron chi connectivity index (χ2n) is 7.67. The van der Waals surface area contributed by atoms with Crippen molar-refractivity contribution in [3.63, 3.8) is 0 Å². The predicted octanol–water partition coefficient (Wildman–Crippen LogP) is 3.84. The molecule has 0 saturated carbocycles. The largest absolute Gasteiger partial charge is 0.399 e. The van der Waals surface area contributed by atoms with Crippen molar-refractivity contribution in [3.05, 3.63) is 66.4 Å². The minimum Gasteiger partial charge on any atom is -0.399 e. The summed E-state index contributed by atoms with van der Waals surface area (Å²) < 4.78 is 29.7. The van der Waals surface area contributed by atoms with Crippen LogP contribution in [-0.4, -0.2) is 18.2 Å². The Hall–Kier alpha value is -2.80. The van der Waals surface area contributed by atoms with Crippen LogP contribution in [0.5, 0.6) is 0 Å². The second kappa shape index (κ2) is 7.08. The molecule has 0 aliphatic rings. The molecule has 0 spiro atoms. The van der Waals surface area contributed by atoms with E-state index in [1.165, 1.54) is 12.1 Å². The number of nitrogens with zero attached hydrogens (tertiary/aromatic N) is 2. The number of nitrogens with one attached hydrogen (secondary N) is 1. The maximum Gasteiger partial charge on any atom is 0.263 e. The zero-order chi connectivity index (χ0) is 19.7. The normalized spacial score (nSPS) is 12.1. The van der Waals surface area contributed by atoms with Gasteiger partial charge in [0.05, 0.1) is 16.8 Å². The Kier molecular flexibility index (Phi) is 4.97. The van der Waals surface area contributed by atoms with E-state index in [1.54, 1.807) is 29.1 Å². The van der Waals surface area contributed by atoms with Gasteiger partial charge in [-0.15, -0.1) is 0 Å². The molecule has 0 amide bonds. The summed E-state index contributed by atoms with van der Waals surface area (Å²) in [6.07, 6.45) is 2.42. The number of sulfonamides is 1. The Morgan fingerprint density at radius 3 is 2.37 bits per heavy atom. The molecule has 0 bridgehead atoms. The first kappa shape index (κ1) is 19.0. The lowest BCUT2D eigenvalue weighted by Crippen LogP contribution is -2.17. The predicted molar refractivity (Wildman–Crippen MR) is 108 cm³/mol. The zero-order valence-corrected chi connectivity index (χ0v) is 16.5. The van der Waals surface area contributed by atoms with Crippen molar-refractivity contribution in [2.45, 2.75) is 32.1 Å². The topological polar surface area (TPSA) is 90.0 Å². The van der Waals surface area contributed by atoms with Crippen LogP contribution in [0.15, 0.2) is 65.7 Å². The number of benzene rings is 2. The van der Waals surface area contributed by atoms with Gasteiger partial charge >= 0.3 is 0 Å². The molecule has 0 aliphatic heterocycles. The fourth-order valence-electron chi connectivity index (χ4n) is 2.85. The molecule has 3 aromatic rings. The van der Waals surface area contributed by atoms with E-state index in [0.29, 0.717) is 11.5 Å². The van der Waals surface area contributed by atoms with Gasteiger partial charge in [-0.3, -0.25) is 4.72 Å². The van der Waals surface area contributed by atoms with Crippen molar-refractivity contribution in [1.82, 2.24) is 9.78 Å². The number of nitrogens with two attached hydrogens (primary N) is 1. The van der Waals surface area contributed by atoms with E-state index in [-0.39, 0.29) is 10.3 Å². The summed E-state index contributed by atoms with van der Waals surface area (Å²) in [5.74, 6) is 0.383. The Balaban J connectivity index is 1.97. The Morgan fingerprint density at radius 2 is 1.70 bits per heavy atom. The maximum atomic E-state index is 12.7. The molecule has 0 aliphatic carbocycles. The van der Waals surface area contributed by atoms with E-state index >= 15 is 0 Å². The van der Waals surface area contributed by atoms with E-state index < -0.39 is 10.0 Å². The molecule has 0 radical (unpaired) electrons. The van der Waals surface area contributed by atoms with E-state index in [2.05, 4.69) is 30.6 Å². The van der Waals surface area contributed by atoms with Gasteiger partial charge in [0.25, 0.3) is 10.0 Å². The molecule has 0 saturated heterocycles. The van der Waals surface area contributed by atoms with Gasteiger partial charge in [0, 0.05) is 11.8 Å². The molecule has 0 atom stereocenters. The molecular weight excluding hydrogens is 360 g/mol. The highest BCUT2D eigenvalue weighted by Crippen LogP contribution is 2.27. The molecule has 0 fully saturated rings. The van der Waals surface area contributed by atoms with Crippen molar-refractivity contribution < 1.29 is 8.42 Å². The fraction of sp³-hybridized carbons (Fsp3) is 0.250. The molecule has 27 heavy (non-hydrogen) atoms. The summed E-state index contributed by atoms with van der Waals surface area (Å²) in [5, 5.41) is 4.34. The Labute approximate surface area is 160 Å². The van der Waals surface area contributed by atoms with Crippen molar-refractivity contribution in [3.8, 4) is 5.69 Å². The summed E-state index contributed by atoms with van der Waals surface area (Å²) in [7, 11) is -3.74. The van der Waals surface area contributed by atoms with Crippen molar-refractivity contribution in [2.24, 2.45) is 5.41 Å². The SMILES string of the molecule is CC(C)(C)Cc1ccccc1-n1nccc1NS(=O)(=O)c1ccc(N)cc1. The van der Waals surface area contributed by atoms with Crippen LogP contribution in [0, 0.1) is 5.41 Å². The van der Waals surface area contributed by atoms with Gasteiger partial charge in [0.1, 0.15) is 5.82 Å². The Bertz CT molecular complexity index is 1030. The number of anilines is 2. The first-order valence-corrected chi connectivity index (χ1v) is 10.1. The van der Waals surface area contributed by atoms with Gasteiger partial charge in [-0.25, -0.2) is 13.1 Å².